The summed E-state index contributed by atoms with van der Waals surface area (Å²) in [5, 5.41) is 2.96. The van der Waals surface area contributed by atoms with Gasteiger partial charge in [-0.05, 0) is 52.9 Å². The van der Waals surface area contributed by atoms with Crippen molar-refractivity contribution in [3.05, 3.63) is 58.7 Å². The highest BCUT2D eigenvalue weighted by Crippen LogP contribution is 2.30. The van der Waals surface area contributed by atoms with E-state index in [1.807, 2.05) is 0 Å². The van der Waals surface area contributed by atoms with Crippen LogP contribution < -0.4 is 10.6 Å². The predicted octanol–water partition coefficient (Wildman–Crippen LogP) is 3.98. The first kappa shape index (κ1) is 13.3. The van der Waals surface area contributed by atoms with E-state index in [9.17, 15) is 0 Å². The first-order chi connectivity index (χ1) is 8.45. The maximum atomic E-state index is 2.36. The molecule has 0 aliphatic rings. The van der Waals surface area contributed by atoms with Crippen LogP contribution in [0.2, 0.25) is 0 Å². The summed E-state index contributed by atoms with van der Waals surface area (Å²) in [6.07, 6.45) is 0. The van der Waals surface area contributed by atoms with E-state index in [-0.39, 0.29) is 7.92 Å². The van der Waals surface area contributed by atoms with Gasteiger partial charge in [0.1, 0.15) is 0 Å². The minimum absolute atomic E-state index is 0.236. The Morgan fingerprint density at radius 2 is 0.833 bits per heavy atom. The molecule has 0 atom stereocenters. The number of hydrogen-bond acceptors (Lipinski definition) is 0. The summed E-state index contributed by atoms with van der Waals surface area (Å²) in [6.45, 7) is 11.1. The molecule has 0 aromatic heterocycles. The number of benzene rings is 2. The van der Waals surface area contributed by atoms with Gasteiger partial charge >= 0.3 is 0 Å². The number of aryl methyl sites for hydroxylation is 4. The molecule has 2 aromatic carbocycles. The Morgan fingerprint density at radius 3 is 1.11 bits per heavy atom. The SMILES string of the molecule is Cc1cc(C)cc(P(C)c2cc(C)cc(C)c2)c1. The lowest BCUT2D eigenvalue weighted by atomic mass is 10.2. The van der Waals surface area contributed by atoms with E-state index < -0.39 is 0 Å². The van der Waals surface area contributed by atoms with Gasteiger partial charge in [-0.1, -0.05) is 58.7 Å². The molecule has 0 aliphatic heterocycles. The zero-order chi connectivity index (χ0) is 13.3. The molecule has 1 heteroatoms. The highest BCUT2D eigenvalue weighted by Gasteiger charge is 2.09. The molecule has 0 saturated carbocycles. The van der Waals surface area contributed by atoms with Crippen LogP contribution in [-0.2, 0) is 0 Å². The molecule has 0 N–H and O–H groups in total. The minimum Gasteiger partial charge on any atom is -0.0563 e. The standard InChI is InChI=1S/C17H21P/c1-12-6-13(2)9-16(8-12)18(5)17-10-14(3)7-15(4)11-17/h6-11H,1-5H3. The summed E-state index contributed by atoms with van der Waals surface area (Å²) < 4.78 is 0. The Morgan fingerprint density at radius 1 is 0.556 bits per heavy atom. The molecule has 0 aliphatic carbocycles. The second-order valence-corrected chi connectivity index (χ2v) is 7.40. The molecule has 0 unspecified atom stereocenters. The van der Waals surface area contributed by atoms with Crippen LogP contribution in [0.5, 0.6) is 0 Å². The van der Waals surface area contributed by atoms with Crippen LogP contribution in [0, 0.1) is 27.7 Å². The molecule has 0 fully saturated rings. The fourth-order valence-electron chi connectivity index (χ4n) is 2.44. The molecule has 0 saturated heterocycles. The minimum atomic E-state index is -0.236. The van der Waals surface area contributed by atoms with Gasteiger partial charge in [0, 0.05) is 0 Å². The average molecular weight is 256 g/mol. The fourth-order valence-corrected chi connectivity index (χ4v) is 4.32. The Bertz CT molecular complexity index is 478. The summed E-state index contributed by atoms with van der Waals surface area (Å²) >= 11 is 0. The van der Waals surface area contributed by atoms with Crippen LogP contribution >= 0.6 is 7.92 Å². The first-order valence-corrected chi connectivity index (χ1v) is 8.15. The molecule has 0 amide bonds. The molecule has 18 heavy (non-hydrogen) atoms. The van der Waals surface area contributed by atoms with Crippen LogP contribution in [0.1, 0.15) is 22.3 Å². The van der Waals surface area contributed by atoms with Crippen molar-refractivity contribution in [3.8, 4) is 0 Å². The van der Waals surface area contributed by atoms with Gasteiger partial charge in [-0.3, -0.25) is 0 Å². The van der Waals surface area contributed by atoms with Crippen LogP contribution in [0.4, 0.5) is 0 Å². The quantitative estimate of drug-likeness (QED) is 0.713. The van der Waals surface area contributed by atoms with Crippen molar-refractivity contribution in [3.63, 3.8) is 0 Å². The van der Waals surface area contributed by atoms with Crippen molar-refractivity contribution in [2.75, 3.05) is 6.66 Å². The second-order valence-electron chi connectivity index (χ2n) is 5.25. The molecule has 0 spiro atoms. The molecule has 0 radical (unpaired) electrons. The Kier molecular flexibility index (Phi) is 3.88. The second kappa shape index (κ2) is 5.24. The van der Waals surface area contributed by atoms with Crippen molar-refractivity contribution < 1.29 is 0 Å². The molecule has 0 nitrogen and oxygen atoms in total. The predicted molar refractivity (Wildman–Crippen MR) is 83.9 cm³/mol. The molecule has 0 bridgehead atoms. The molecule has 2 rings (SSSR count). The van der Waals surface area contributed by atoms with Gasteiger partial charge in [-0.2, -0.15) is 0 Å². The largest absolute Gasteiger partial charge is 0.0563 e. The van der Waals surface area contributed by atoms with Crippen molar-refractivity contribution >= 4 is 18.5 Å². The van der Waals surface area contributed by atoms with Crippen molar-refractivity contribution in [1.82, 2.24) is 0 Å². The lowest BCUT2D eigenvalue weighted by Crippen LogP contribution is -2.12. The first-order valence-electron chi connectivity index (χ1n) is 6.36. The molecular formula is C17H21P. The van der Waals surface area contributed by atoms with E-state index in [2.05, 4.69) is 70.8 Å². The number of hydrogen-bond donors (Lipinski definition) is 0. The van der Waals surface area contributed by atoms with Crippen LogP contribution in [0.25, 0.3) is 0 Å². The smallest absolute Gasteiger partial charge is 0.0193 e. The van der Waals surface area contributed by atoms with Crippen LogP contribution in [-0.4, -0.2) is 6.66 Å². The van der Waals surface area contributed by atoms with E-state index in [0.29, 0.717) is 0 Å². The molecule has 2 aromatic rings. The average Bonchev–Trinajstić information content (AvgIpc) is 2.25. The van der Waals surface area contributed by atoms with Gasteiger partial charge in [0.25, 0.3) is 0 Å². The number of rotatable bonds is 2. The lowest BCUT2D eigenvalue weighted by Gasteiger charge is -2.16. The molecular weight excluding hydrogens is 235 g/mol. The highest BCUT2D eigenvalue weighted by atomic mass is 31.1. The van der Waals surface area contributed by atoms with E-state index in [1.54, 1.807) is 0 Å². The Labute approximate surface area is 112 Å². The molecule has 0 heterocycles. The van der Waals surface area contributed by atoms with Crippen molar-refractivity contribution in [2.24, 2.45) is 0 Å². The maximum absolute atomic E-state index is 2.36. The third-order valence-corrected chi connectivity index (χ3v) is 5.25. The lowest BCUT2D eigenvalue weighted by molar-refractivity contribution is 1.40. The highest BCUT2D eigenvalue weighted by molar-refractivity contribution is 7.72. The van der Waals surface area contributed by atoms with Gasteiger partial charge in [-0.25, -0.2) is 0 Å². The van der Waals surface area contributed by atoms with E-state index >= 15 is 0 Å². The van der Waals surface area contributed by atoms with Crippen LogP contribution in [0.3, 0.4) is 0 Å². The van der Waals surface area contributed by atoms with Crippen molar-refractivity contribution in [1.29, 1.82) is 0 Å². The van der Waals surface area contributed by atoms with E-state index in [4.69, 9.17) is 0 Å². The summed E-state index contributed by atoms with van der Waals surface area (Å²) in [5.41, 5.74) is 5.46. The van der Waals surface area contributed by atoms with Gasteiger partial charge in [0.15, 0.2) is 0 Å². The maximum Gasteiger partial charge on any atom is -0.0193 e. The Balaban J connectivity index is 2.43. The van der Waals surface area contributed by atoms with Crippen molar-refractivity contribution in [2.45, 2.75) is 27.7 Å². The molecule has 94 valence electrons. The summed E-state index contributed by atoms with van der Waals surface area (Å²) in [5.74, 6) is 0. The van der Waals surface area contributed by atoms with Gasteiger partial charge in [-0.15, -0.1) is 0 Å². The monoisotopic (exact) mass is 256 g/mol. The van der Waals surface area contributed by atoms with E-state index in [1.165, 1.54) is 32.9 Å². The van der Waals surface area contributed by atoms with E-state index in [0.717, 1.165) is 0 Å². The zero-order valence-electron chi connectivity index (χ0n) is 11.9. The van der Waals surface area contributed by atoms with Crippen LogP contribution in [0.15, 0.2) is 36.4 Å². The normalized spacial score (nSPS) is 11.0. The summed E-state index contributed by atoms with van der Waals surface area (Å²) in [7, 11) is -0.236. The summed E-state index contributed by atoms with van der Waals surface area (Å²) in [4.78, 5) is 0. The third-order valence-electron chi connectivity index (χ3n) is 3.19. The zero-order valence-corrected chi connectivity index (χ0v) is 12.8. The van der Waals surface area contributed by atoms with Gasteiger partial charge in [0.2, 0.25) is 0 Å². The van der Waals surface area contributed by atoms with Gasteiger partial charge in [0.05, 0.1) is 0 Å². The fraction of sp³-hybridized carbons (Fsp3) is 0.294. The topological polar surface area (TPSA) is 0 Å². The third kappa shape index (κ3) is 3.00. The summed E-state index contributed by atoms with van der Waals surface area (Å²) in [6, 6.07) is 13.8. The van der Waals surface area contributed by atoms with Gasteiger partial charge < -0.3 is 0 Å². The Hall–Kier alpha value is -1.13.